The first kappa shape index (κ1) is 12.3. The van der Waals surface area contributed by atoms with Crippen LogP contribution in [-0.4, -0.2) is 26.5 Å². The molecule has 3 rings (SSSR count). The molecule has 0 bridgehead atoms. The van der Waals surface area contributed by atoms with Gasteiger partial charge < -0.3 is 9.67 Å². The molecule has 1 aliphatic heterocycles. The molecule has 0 fully saturated rings. The van der Waals surface area contributed by atoms with Crippen molar-refractivity contribution in [1.82, 2.24) is 14.8 Å². The highest BCUT2D eigenvalue weighted by molar-refractivity contribution is 5.21. The van der Waals surface area contributed by atoms with Crippen molar-refractivity contribution in [3.63, 3.8) is 0 Å². The molecule has 100 valence electrons. The number of rotatable bonds is 3. The molecule has 1 aromatic heterocycles. The third kappa shape index (κ3) is 2.38. The van der Waals surface area contributed by atoms with Gasteiger partial charge in [0.05, 0.1) is 6.61 Å². The Bertz CT molecular complexity index is 582. The molecule has 0 aliphatic carbocycles. The molecule has 0 amide bonds. The maximum atomic E-state index is 13.2. The van der Waals surface area contributed by atoms with Crippen LogP contribution in [0.3, 0.4) is 0 Å². The smallest absolute Gasteiger partial charge is 0.138 e. The zero-order valence-corrected chi connectivity index (χ0v) is 10.6. The minimum atomic E-state index is -0.232. The lowest BCUT2D eigenvalue weighted by Gasteiger charge is -2.21. The predicted octanol–water partition coefficient (Wildman–Crippen LogP) is 1.88. The van der Waals surface area contributed by atoms with Crippen LogP contribution >= 0.6 is 0 Å². The number of nitrogens with zero attached hydrogens (tertiary/aromatic N) is 3. The summed E-state index contributed by atoms with van der Waals surface area (Å²) in [7, 11) is 0. The monoisotopic (exact) mass is 261 g/mol. The highest BCUT2D eigenvalue weighted by Gasteiger charge is 2.24. The quantitative estimate of drug-likeness (QED) is 0.917. The van der Waals surface area contributed by atoms with E-state index in [1.807, 2.05) is 6.07 Å². The van der Waals surface area contributed by atoms with Crippen molar-refractivity contribution in [3.05, 3.63) is 47.3 Å². The zero-order valence-electron chi connectivity index (χ0n) is 10.6. The molecule has 1 aliphatic rings. The minimum Gasteiger partial charge on any atom is -0.396 e. The van der Waals surface area contributed by atoms with Gasteiger partial charge >= 0.3 is 0 Å². The number of benzene rings is 1. The van der Waals surface area contributed by atoms with Gasteiger partial charge in [0.15, 0.2) is 0 Å². The SMILES string of the molecule is OCC1CCCn2c(Cc3cccc(F)c3)nnc21. The summed E-state index contributed by atoms with van der Waals surface area (Å²) in [6.07, 6.45) is 2.55. The van der Waals surface area contributed by atoms with Gasteiger partial charge in [0.25, 0.3) is 0 Å². The van der Waals surface area contributed by atoms with Crippen LogP contribution in [0.5, 0.6) is 0 Å². The number of hydrogen-bond donors (Lipinski definition) is 1. The Morgan fingerprint density at radius 2 is 2.26 bits per heavy atom. The molecule has 5 heteroatoms. The number of hydrogen-bond acceptors (Lipinski definition) is 3. The van der Waals surface area contributed by atoms with Gasteiger partial charge in [-0.05, 0) is 30.5 Å². The molecule has 2 aromatic rings. The Hall–Kier alpha value is -1.75. The molecule has 1 N–H and O–H groups in total. The third-order valence-corrected chi connectivity index (χ3v) is 3.63. The number of aromatic nitrogens is 3. The number of aliphatic hydroxyl groups is 1. The van der Waals surface area contributed by atoms with Gasteiger partial charge in [-0.25, -0.2) is 4.39 Å². The van der Waals surface area contributed by atoms with Gasteiger partial charge in [-0.3, -0.25) is 0 Å². The zero-order chi connectivity index (χ0) is 13.2. The topological polar surface area (TPSA) is 50.9 Å². The van der Waals surface area contributed by atoms with Gasteiger partial charge in [0.2, 0.25) is 0 Å². The molecule has 1 aromatic carbocycles. The van der Waals surface area contributed by atoms with E-state index >= 15 is 0 Å². The molecule has 19 heavy (non-hydrogen) atoms. The first-order valence-electron chi connectivity index (χ1n) is 6.55. The van der Waals surface area contributed by atoms with Crippen LogP contribution in [0, 0.1) is 5.82 Å². The fourth-order valence-electron chi connectivity index (χ4n) is 2.65. The van der Waals surface area contributed by atoms with Crippen LogP contribution in [0.2, 0.25) is 0 Å². The Morgan fingerprint density at radius 3 is 3.05 bits per heavy atom. The molecule has 0 saturated carbocycles. The summed E-state index contributed by atoms with van der Waals surface area (Å²) in [6.45, 7) is 0.988. The second kappa shape index (κ2) is 5.09. The summed E-state index contributed by atoms with van der Waals surface area (Å²) < 4.78 is 15.2. The molecule has 0 spiro atoms. The normalized spacial score (nSPS) is 18.3. The lowest BCUT2D eigenvalue weighted by atomic mass is 10.00. The molecule has 0 radical (unpaired) electrons. The maximum absolute atomic E-state index is 13.2. The lowest BCUT2D eigenvalue weighted by molar-refractivity contribution is 0.237. The van der Waals surface area contributed by atoms with Crippen molar-refractivity contribution in [2.24, 2.45) is 0 Å². The first-order valence-corrected chi connectivity index (χ1v) is 6.55. The van der Waals surface area contributed by atoms with Crippen molar-refractivity contribution in [3.8, 4) is 0 Å². The third-order valence-electron chi connectivity index (χ3n) is 3.63. The second-order valence-electron chi connectivity index (χ2n) is 4.95. The fraction of sp³-hybridized carbons (Fsp3) is 0.429. The first-order chi connectivity index (χ1) is 9.28. The van der Waals surface area contributed by atoms with Crippen LogP contribution in [-0.2, 0) is 13.0 Å². The van der Waals surface area contributed by atoms with E-state index < -0.39 is 0 Å². The van der Waals surface area contributed by atoms with E-state index in [0.29, 0.717) is 6.42 Å². The van der Waals surface area contributed by atoms with Gasteiger partial charge in [0.1, 0.15) is 17.5 Å². The molecule has 2 heterocycles. The Balaban J connectivity index is 1.88. The van der Waals surface area contributed by atoms with Crippen LogP contribution in [0.25, 0.3) is 0 Å². The number of halogens is 1. The average molecular weight is 261 g/mol. The highest BCUT2D eigenvalue weighted by atomic mass is 19.1. The maximum Gasteiger partial charge on any atom is 0.138 e. The van der Waals surface area contributed by atoms with Crippen LogP contribution < -0.4 is 0 Å². The standard InChI is InChI=1S/C14H16FN3O/c15-12-5-1-3-10(7-12)8-13-16-17-14-11(9-19)4-2-6-18(13)14/h1,3,5,7,11,19H,2,4,6,8-9H2. The number of aliphatic hydroxyl groups excluding tert-OH is 1. The van der Waals surface area contributed by atoms with Gasteiger partial charge in [0, 0.05) is 18.9 Å². The molecular weight excluding hydrogens is 245 g/mol. The van der Waals surface area contributed by atoms with Crippen molar-refractivity contribution >= 4 is 0 Å². The Kier molecular flexibility index (Phi) is 3.29. The van der Waals surface area contributed by atoms with E-state index in [1.54, 1.807) is 6.07 Å². The van der Waals surface area contributed by atoms with Crippen molar-refractivity contribution < 1.29 is 9.50 Å². The van der Waals surface area contributed by atoms with Gasteiger partial charge in [-0.15, -0.1) is 10.2 Å². The molecule has 4 nitrogen and oxygen atoms in total. The molecule has 1 atom stereocenters. The van der Waals surface area contributed by atoms with Crippen molar-refractivity contribution in [2.45, 2.75) is 31.7 Å². The van der Waals surface area contributed by atoms with Crippen LogP contribution in [0.1, 0.15) is 36.0 Å². The minimum absolute atomic E-state index is 0.0857. The lowest BCUT2D eigenvalue weighted by Crippen LogP contribution is -2.20. The van der Waals surface area contributed by atoms with E-state index in [9.17, 15) is 9.50 Å². The van der Waals surface area contributed by atoms with Crippen molar-refractivity contribution in [2.75, 3.05) is 6.61 Å². The van der Waals surface area contributed by atoms with Crippen LogP contribution in [0.4, 0.5) is 4.39 Å². The Morgan fingerprint density at radius 1 is 1.37 bits per heavy atom. The van der Waals surface area contributed by atoms with E-state index in [0.717, 1.165) is 36.6 Å². The van der Waals surface area contributed by atoms with E-state index in [1.165, 1.54) is 12.1 Å². The largest absolute Gasteiger partial charge is 0.396 e. The van der Waals surface area contributed by atoms with Gasteiger partial charge in [-0.1, -0.05) is 12.1 Å². The summed E-state index contributed by atoms with van der Waals surface area (Å²) >= 11 is 0. The molecular formula is C14H16FN3O. The summed E-state index contributed by atoms with van der Waals surface area (Å²) in [5.41, 5.74) is 0.890. The molecule has 0 saturated heterocycles. The van der Waals surface area contributed by atoms with E-state index in [2.05, 4.69) is 14.8 Å². The van der Waals surface area contributed by atoms with E-state index in [4.69, 9.17) is 0 Å². The Labute approximate surface area is 110 Å². The molecule has 1 unspecified atom stereocenters. The summed E-state index contributed by atoms with van der Waals surface area (Å²) in [5, 5.41) is 17.7. The fourth-order valence-corrected chi connectivity index (χ4v) is 2.65. The van der Waals surface area contributed by atoms with Gasteiger partial charge in [-0.2, -0.15) is 0 Å². The summed E-state index contributed by atoms with van der Waals surface area (Å²) in [6, 6.07) is 6.55. The van der Waals surface area contributed by atoms with Crippen LogP contribution in [0.15, 0.2) is 24.3 Å². The number of fused-ring (bicyclic) bond motifs is 1. The summed E-state index contributed by atoms with van der Waals surface area (Å²) in [5.74, 6) is 1.56. The average Bonchev–Trinajstić information content (AvgIpc) is 2.82. The predicted molar refractivity (Wildman–Crippen MR) is 68.3 cm³/mol. The van der Waals surface area contributed by atoms with E-state index in [-0.39, 0.29) is 18.3 Å². The summed E-state index contributed by atoms with van der Waals surface area (Å²) in [4.78, 5) is 0. The highest BCUT2D eigenvalue weighted by Crippen LogP contribution is 2.26. The van der Waals surface area contributed by atoms with Crippen molar-refractivity contribution in [1.29, 1.82) is 0 Å². The second-order valence-corrected chi connectivity index (χ2v) is 4.95.